The van der Waals surface area contributed by atoms with Crippen molar-refractivity contribution in [3.05, 3.63) is 80.6 Å². The topological polar surface area (TPSA) is 81.2 Å². The Morgan fingerprint density at radius 3 is 2.70 bits per heavy atom. The number of aliphatic carboxylic acids is 1. The molecule has 152 valence electrons. The second kappa shape index (κ2) is 8.55. The Labute approximate surface area is 186 Å². The van der Waals surface area contributed by atoms with Gasteiger partial charge in [0, 0.05) is 36.1 Å². The summed E-state index contributed by atoms with van der Waals surface area (Å²) < 4.78 is 7.35. The highest BCUT2D eigenvalue weighted by molar-refractivity contribution is 8.03. The number of benzene rings is 2. The molecule has 0 aliphatic heterocycles. The average Bonchev–Trinajstić information content (AvgIpc) is 3.28. The van der Waals surface area contributed by atoms with E-state index in [9.17, 15) is 9.90 Å². The normalized spacial score (nSPS) is 11.9. The second-order valence-electron chi connectivity index (χ2n) is 6.48. The zero-order chi connectivity index (χ0) is 21.3. The van der Waals surface area contributed by atoms with Crippen LogP contribution in [-0.2, 0) is 11.3 Å². The van der Waals surface area contributed by atoms with Crippen LogP contribution in [0.15, 0.2) is 63.2 Å². The molecule has 6 nitrogen and oxygen atoms in total. The molecule has 0 aliphatic rings. The van der Waals surface area contributed by atoms with Crippen LogP contribution in [0.1, 0.15) is 17.0 Å². The number of para-hydroxylation sites is 1. The predicted molar refractivity (Wildman–Crippen MR) is 118 cm³/mol. The van der Waals surface area contributed by atoms with Gasteiger partial charge in [0.1, 0.15) is 4.91 Å². The number of halogens is 2. The summed E-state index contributed by atoms with van der Waals surface area (Å²) in [5, 5.41) is 19.4. The number of thioether (sulfide) groups is 1. The lowest BCUT2D eigenvalue weighted by Crippen LogP contribution is -1.98. The smallest absolute Gasteiger partial charge is 0.342 e. The molecule has 0 atom stereocenters. The first-order valence-corrected chi connectivity index (χ1v) is 10.4. The van der Waals surface area contributed by atoms with Crippen LogP contribution in [0.2, 0.25) is 10.0 Å². The van der Waals surface area contributed by atoms with Crippen LogP contribution in [-0.4, -0.2) is 25.8 Å². The molecule has 0 amide bonds. The zero-order valence-electron chi connectivity index (χ0n) is 15.7. The van der Waals surface area contributed by atoms with Gasteiger partial charge in [-0.05, 0) is 41.6 Å². The third kappa shape index (κ3) is 4.38. The molecule has 0 spiro atoms. The molecule has 0 fully saturated rings. The number of aromatic nitrogens is 3. The van der Waals surface area contributed by atoms with E-state index in [4.69, 9.17) is 27.6 Å². The molecule has 0 saturated carbocycles. The van der Waals surface area contributed by atoms with Gasteiger partial charge in [0.05, 0.1) is 10.0 Å². The lowest BCUT2D eigenvalue weighted by atomic mass is 10.1. The number of carboxylic acids is 1. The first-order valence-electron chi connectivity index (χ1n) is 8.85. The lowest BCUT2D eigenvalue weighted by molar-refractivity contribution is -0.131. The number of carbonyl (C=O) groups is 1. The van der Waals surface area contributed by atoms with Crippen LogP contribution in [0.5, 0.6) is 0 Å². The Kier molecular flexibility index (Phi) is 5.85. The van der Waals surface area contributed by atoms with Crippen LogP contribution in [0.3, 0.4) is 0 Å². The number of hydrogen-bond acceptors (Lipinski definition) is 5. The summed E-state index contributed by atoms with van der Waals surface area (Å²) >= 11 is 13.1. The average molecular weight is 460 g/mol. The lowest BCUT2D eigenvalue weighted by Gasteiger charge is -2.06. The van der Waals surface area contributed by atoms with Crippen molar-refractivity contribution >= 4 is 57.9 Å². The minimum atomic E-state index is -1.07. The Morgan fingerprint density at radius 1 is 1.20 bits per heavy atom. The molecule has 0 saturated heterocycles. The number of aryl methyl sites for hydroxylation is 1. The number of rotatable bonds is 6. The minimum absolute atomic E-state index is 0.0797. The van der Waals surface area contributed by atoms with Gasteiger partial charge in [-0.15, -0.1) is 10.2 Å². The van der Waals surface area contributed by atoms with E-state index in [0.717, 1.165) is 33.8 Å². The van der Waals surface area contributed by atoms with E-state index in [1.165, 1.54) is 0 Å². The Hall–Kier alpha value is -2.74. The third-order valence-corrected chi connectivity index (χ3v) is 5.95. The zero-order valence-corrected chi connectivity index (χ0v) is 18.0. The molecule has 4 rings (SSSR count). The van der Waals surface area contributed by atoms with Crippen LogP contribution in [0, 0.1) is 6.92 Å². The summed E-state index contributed by atoms with van der Waals surface area (Å²) in [5.41, 5.74) is 2.72. The van der Waals surface area contributed by atoms with Crippen molar-refractivity contribution in [2.24, 2.45) is 0 Å². The quantitative estimate of drug-likeness (QED) is 0.285. The first kappa shape index (κ1) is 20.5. The van der Waals surface area contributed by atoms with Gasteiger partial charge >= 0.3 is 5.97 Å². The summed E-state index contributed by atoms with van der Waals surface area (Å²) in [6.45, 7) is 2.21. The van der Waals surface area contributed by atoms with Crippen LogP contribution < -0.4 is 0 Å². The van der Waals surface area contributed by atoms with Crippen molar-refractivity contribution in [3.63, 3.8) is 0 Å². The third-order valence-electron chi connectivity index (χ3n) is 4.36. The molecule has 0 aliphatic carbocycles. The highest BCUT2D eigenvalue weighted by Gasteiger charge is 2.16. The fourth-order valence-electron chi connectivity index (χ4n) is 3.05. The Morgan fingerprint density at radius 2 is 2.00 bits per heavy atom. The fraction of sp³-hybridized carbons (Fsp3) is 0.0952. The van der Waals surface area contributed by atoms with Gasteiger partial charge in [-0.3, -0.25) is 0 Å². The maximum atomic E-state index is 11.8. The Bertz CT molecular complexity index is 1280. The van der Waals surface area contributed by atoms with Crippen LogP contribution >= 0.6 is 35.0 Å². The molecule has 2 heterocycles. The van der Waals surface area contributed by atoms with E-state index in [1.54, 1.807) is 19.1 Å². The SMILES string of the molecule is Cc1nnc(S/C(=C\c2cn(Cc3ccc(Cl)c(Cl)c3)c3ccccc23)C(=O)O)o1. The van der Waals surface area contributed by atoms with Gasteiger partial charge in [0.15, 0.2) is 0 Å². The number of hydrogen-bond donors (Lipinski definition) is 1. The van der Waals surface area contributed by atoms with Crippen molar-refractivity contribution in [3.8, 4) is 0 Å². The summed E-state index contributed by atoms with van der Waals surface area (Å²) in [5.74, 6) is -0.697. The van der Waals surface area contributed by atoms with Gasteiger partial charge in [0.2, 0.25) is 5.89 Å². The van der Waals surface area contributed by atoms with Gasteiger partial charge in [0.25, 0.3) is 5.22 Å². The van der Waals surface area contributed by atoms with E-state index in [0.29, 0.717) is 22.5 Å². The molecular formula is C21H15Cl2N3O3S. The highest BCUT2D eigenvalue weighted by atomic mass is 35.5. The molecule has 2 aromatic heterocycles. The van der Waals surface area contributed by atoms with Crippen LogP contribution in [0.4, 0.5) is 0 Å². The van der Waals surface area contributed by atoms with E-state index >= 15 is 0 Å². The number of fused-ring (bicyclic) bond motifs is 1. The molecule has 0 bridgehead atoms. The summed E-state index contributed by atoms with van der Waals surface area (Å²) in [6, 6.07) is 13.3. The summed E-state index contributed by atoms with van der Waals surface area (Å²) in [4.78, 5) is 11.9. The van der Waals surface area contributed by atoms with E-state index in [2.05, 4.69) is 10.2 Å². The van der Waals surface area contributed by atoms with E-state index in [-0.39, 0.29) is 10.1 Å². The first-order chi connectivity index (χ1) is 14.4. The molecule has 0 unspecified atom stereocenters. The van der Waals surface area contributed by atoms with Gasteiger partial charge in [-0.25, -0.2) is 4.79 Å². The highest BCUT2D eigenvalue weighted by Crippen LogP contribution is 2.31. The number of nitrogens with zero attached hydrogens (tertiary/aromatic N) is 3. The Balaban J connectivity index is 1.74. The standard InChI is InChI=1S/C21H15Cl2N3O3S/c1-12-24-25-21(29-12)30-19(20(27)28)9-14-11-26(18-5-3-2-4-15(14)18)10-13-6-7-16(22)17(23)8-13/h2-9,11H,10H2,1H3,(H,27,28)/b19-9-. The monoisotopic (exact) mass is 459 g/mol. The molecule has 2 aromatic carbocycles. The van der Waals surface area contributed by atoms with Crippen molar-refractivity contribution in [1.29, 1.82) is 0 Å². The molecule has 9 heteroatoms. The molecule has 1 N–H and O–H groups in total. The largest absolute Gasteiger partial charge is 0.477 e. The minimum Gasteiger partial charge on any atom is -0.477 e. The second-order valence-corrected chi connectivity index (χ2v) is 8.29. The molecule has 0 radical (unpaired) electrons. The fourth-order valence-corrected chi connectivity index (χ4v) is 4.07. The summed E-state index contributed by atoms with van der Waals surface area (Å²) in [6.07, 6.45) is 3.52. The van der Waals surface area contributed by atoms with E-state index in [1.807, 2.05) is 47.2 Å². The van der Waals surface area contributed by atoms with Gasteiger partial charge in [-0.2, -0.15) is 0 Å². The molecule has 30 heavy (non-hydrogen) atoms. The number of carboxylic acid groups (broad SMARTS) is 1. The molecular weight excluding hydrogens is 445 g/mol. The summed E-state index contributed by atoms with van der Waals surface area (Å²) in [7, 11) is 0. The molecule has 4 aromatic rings. The van der Waals surface area contributed by atoms with Crippen molar-refractivity contribution in [2.45, 2.75) is 18.7 Å². The van der Waals surface area contributed by atoms with Crippen molar-refractivity contribution < 1.29 is 14.3 Å². The van der Waals surface area contributed by atoms with Crippen LogP contribution in [0.25, 0.3) is 17.0 Å². The van der Waals surface area contributed by atoms with Crippen molar-refractivity contribution in [2.75, 3.05) is 0 Å². The van der Waals surface area contributed by atoms with Gasteiger partial charge < -0.3 is 14.1 Å². The van der Waals surface area contributed by atoms with E-state index < -0.39 is 5.97 Å². The maximum Gasteiger partial charge on any atom is 0.342 e. The van der Waals surface area contributed by atoms with Gasteiger partial charge in [-0.1, -0.05) is 47.5 Å². The van der Waals surface area contributed by atoms with Crippen molar-refractivity contribution in [1.82, 2.24) is 14.8 Å². The predicted octanol–water partition coefficient (Wildman–Crippen LogP) is 5.91. The maximum absolute atomic E-state index is 11.8.